The average Bonchev–Trinajstić information content (AvgIpc) is 1.81. The molecule has 3 nitrogen and oxygen atoms in total. The number of carbonyl (C=O) groups excluding carboxylic acids is 1. The summed E-state index contributed by atoms with van der Waals surface area (Å²) < 4.78 is 0. The average molecular weight is 202 g/mol. The van der Waals surface area contributed by atoms with E-state index >= 15 is 0 Å². The number of hydrogen-bond donors (Lipinski definition) is 2. The Morgan fingerprint density at radius 1 is 1.54 bits per heavy atom. The summed E-state index contributed by atoms with van der Waals surface area (Å²) in [6.07, 6.45) is 3.34. The Morgan fingerprint density at radius 3 is 2.46 bits per heavy atom. The van der Waals surface area contributed by atoms with Gasteiger partial charge in [0.2, 0.25) is 5.91 Å². The molecule has 0 radical (unpaired) electrons. The van der Waals surface area contributed by atoms with Crippen LogP contribution in [0.15, 0.2) is 12.2 Å². The van der Waals surface area contributed by atoms with Crippen molar-refractivity contribution < 1.29 is 4.79 Å². The molecule has 0 unspecified atom stereocenters. The van der Waals surface area contributed by atoms with Gasteiger partial charge in [-0.2, -0.15) is 12.6 Å². The molecule has 0 bridgehead atoms. The second-order valence-corrected chi connectivity index (χ2v) is 4.83. The first kappa shape index (κ1) is 12.5. The number of rotatable bonds is 4. The summed E-state index contributed by atoms with van der Waals surface area (Å²) in [5, 5.41) is 2.71. The summed E-state index contributed by atoms with van der Waals surface area (Å²) in [6.45, 7) is 4.42. The van der Waals surface area contributed by atoms with Gasteiger partial charge in [0.1, 0.15) is 0 Å². The minimum Gasteiger partial charge on any atom is -0.339 e. The zero-order valence-corrected chi connectivity index (χ0v) is 9.56. The molecule has 0 aromatic carbocycles. The van der Waals surface area contributed by atoms with Crippen LogP contribution < -0.4 is 5.32 Å². The van der Waals surface area contributed by atoms with Gasteiger partial charge in [0.05, 0.1) is 4.87 Å². The van der Waals surface area contributed by atoms with E-state index in [-0.39, 0.29) is 5.91 Å². The van der Waals surface area contributed by atoms with Crippen LogP contribution in [0.1, 0.15) is 13.8 Å². The van der Waals surface area contributed by atoms with Crippen molar-refractivity contribution in [2.75, 3.05) is 20.6 Å². The highest BCUT2D eigenvalue weighted by Crippen LogP contribution is 2.05. The Balaban J connectivity index is 3.81. The van der Waals surface area contributed by atoms with Gasteiger partial charge in [-0.15, -0.1) is 0 Å². The van der Waals surface area contributed by atoms with E-state index in [0.29, 0.717) is 0 Å². The predicted molar refractivity (Wildman–Crippen MR) is 58.9 cm³/mol. The molecule has 0 aliphatic carbocycles. The number of thiol groups is 1. The molecule has 0 aromatic rings. The molecule has 0 rings (SSSR count). The lowest BCUT2D eigenvalue weighted by molar-refractivity contribution is -0.117. The standard InChI is InChI=1S/C9H18N2OS/c1-9(2,13)10-8(12)6-5-7-11(3)4/h5-6,13H,7H2,1-4H3,(H,10,12)/b6-5+. The van der Waals surface area contributed by atoms with E-state index in [2.05, 4.69) is 17.9 Å². The zero-order valence-electron chi connectivity index (χ0n) is 8.66. The van der Waals surface area contributed by atoms with Crippen LogP contribution in [0.25, 0.3) is 0 Å². The number of likely N-dealkylation sites (N-methyl/N-ethyl adjacent to an activating group) is 1. The molecule has 0 fully saturated rings. The molecule has 0 atom stereocenters. The van der Waals surface area contributed by atoms with E-state index in [4.69, 9.17) is 0 Å². The number of nitrogens with zero attached hydrogens (tertiary/aromatic N) is 1. The zero-order chi connectivity index (χ0) is 10.5. The summed E-state index contributed by atoms with van der Waals surface area (Å²) in [4.78, 5) is 12.7. The van der Waals surface area contributed by atoms with Gasteiger partial charge in [0.15, 0.2) is 0 Å². The molecule has 0 aliphatic heterocycles. The van der Waals surface area contributed by atoms with Gasteiger partial charge >= 0.3 is 0 Å². The fourth-order valence-corrected chi connectivity index (χ4v) is 0.824. The summed E-state index contributed by atoms with van der Waals surface area (Å²) in [6, 6.07) is 0. The van der Waals surface area contributed by atoms with Crippen LogP contribution in [0.4, 0.5) is 0 Å². The third kappa shape index (κ3) is 9.43. The van der Waals surface area contributed by atoms with Gasteiger partial charge < -0.3 is 10.2 Å². The molecule has 1 N–H and O–H groups in total. The van der Waals surface area contributed by atoms with E-state index in [0.717, 1.165) is 6.54 Å². The minimum absolute atomic E-state index is 0.109. The molecule has 0 aromatic heterocycles. The van der Waals surface area contributed by atoms with Crippen molar-refractivity contribution in [3.05, 3.63) is 12.2 Å². The fraction of sp³-hybridized carbons (Fsp3) is 0.667. The fourth-order valence-electron chi connectivity index (χ4n) is 0.714. The molecular weight excluding hydrogens is 184 g/mol. The van der Waals surface area contributed by atoms with Crippen LogP contribution in [0.5, 0.6) is 0 Å². The van der Waals surface area contributed by atoms with Gasteiger partial charge in [0.25, 0.3) is 0 Å². The van der Waals surface area contributed by atoms with Gasteiger partial charge in [-0.05, 0) is 27.9 Å². The molecule has 0 saturated carbocycles. The van der Waals surface area contributed by atoms with Crippen LogP contribution in [0, 0.1) is 0 Å². The molecule has 13 heavy (non-hydrogen) atoms. The van der Waals surface area contributed by atoms with Crippen molar-refractivity contribution >= 4 is 18.5 Å². The van der Waals surface area contributed by atoms with Crippen molar-refractivity contribution in [3.8, 4) is 0 Å². The smallest absolute Gasteiger partial charge is 0.244 e. The Morgan fingerprint density at radius 2 is 2.08 bits per heavy atom. The van der Waals surface area contributed by atoms with Gasteiger partial charge in [-0.3, -0.25) is 4.79 Å². The molecule has 0 saturated heterocycles. The molecule has 0 aliphatic rings. The van der Waals surface area contributed by atoms with Crippen LogP contribution in [-0.2, 0) is 4.79 Å². The second-order valence-electron chi connectivity index (χ2n) is 3.71. The third-order valence-corrected chi connectivity index (χ3v) is 1.28. The van der Waals surface area contributed by atoms with Crippen LogP contribution >= 0.6 is 12.6 Å². The topological polar surface area (TPSA) is 32.3 Å². The van der Waals surface area contributed by atoms with Crippen LogP contribution in [0.2, 0.25) is 0 Å². The first-order valence-electron chi connectivity index (χ1n) is 4.17. The highest BCUT2D eigenvalue weighted by Gasteiger charge is 2.11. The quantitative estimate of drug-likeness (QED) is 0.403. The van der Waals surface area contributed by atoms with Gasteiger partial charge in [-0.25, -0.2) is 0 Å². The largest absolute Gasteiger partial charge is 0.339 e. The Kier molecular flexibility index (Phi) is 5.10. The number of amides is 1. The lowest BCUT2D eigenvalue weighted by atomic mass is 10.3. The Labute approximate surface area is 85.6 Å². The lowest BCUT2D eigenvalue weighted by Crippen LogP contribution is -2.37. The predicted octanol–water partition coefficient (Wildman–Crippen LogP) is 0.886. The van der Waals surface area contributed by atoms with E-state index in [9.17, 15) is 4.79 Å². The van der Waals surface area contributed by atoms with Crippen molar-refractivity contribution in [1.82, 2.24) is 10.2 Å². The molecule has 4 heteroatoms. The molecule has 0 heterocycles. The summed E-state index contributed by atoms with van der Waals surface area (Å²) in [5.41, 5.74) is 0. The molecule has 1 amide bonds. The maximum atomic E-state index is 11.2. The molecule has 0 spiro atoms. The minimum atomic E-state index is -0.459. The monoisotopic (exact) mass is 202 g/mol. The van der Waals surface area contributed by atoms with Crippen molar-refractivity contribution in [2.24, 2.45) is 0 Å². The lowest BCUT2D eigenvalue weighted by Gasteiger charge is -2.17. The summed E-state index contributed by atoms with van der Waals surface area (Å²) >= 11 is 4.18. The first-order chi connectivity index (χ1) is 5.81. The van der Waals surface area contributed by atoms with E-state index in [1.54, 1.807) is 0 Å². The maximum Gasteiger partial charge on any atom is 0.244 e. The Hall–Kier alpha value is -0.480. The summed E-state index contributed by atoms with van der Waals surface area (Å²) in [5.74, 6) is -0.109. The number of hydrogen-bond acceptors (Lipinski definition) is 3. The van der Waals surface area contributed by atoms with E-state index in [1.165, 1.54) is 6.08 Å². The first-order valence-corrected chi connectivity index (χ1v) is 4.62. The van der Waals surface area contributed by atoms with E-state index in [1.807, 2.05) is 38.9 Å². The van der Waals surface area contributed by atoms with E-state index < -0.39 is 4.87 Å². The normalized spacial score (nSPS) is 12.5. The van der Waals surface area contributed by atoms with Crippen LogP contribution in [-0.4, -0.2) is 36.3 Å². The van der Waals surface area contributed by atoms with Gasteiger partial charge in [0, 0.05) is 12.6 Å². The Bertz CT molecular complexity index is 194. The van der Waals surface area contributed by atoms with Crippen molar-refractivity contribution in [3.63, 3.8) is 0 Å². The van der Waals surface area contributed by atoms with Crippen molar-refractivity contribution in [1.29, 1.82) is 0 Å². The maximum absolute atomic E-state index is 11.2. The molecular formula is C9H18N2OS. The van der Waals surface area contributed by atoms with Crippen molar-refractivity contribution in [2.45, 2.75) is 18.7 Å². The van der Waals surface area contributed by atoms with Crippen LogP contribution in [0.3, 0.4) is 0 Å². The third-order valence-electron chi connectivity index (χ3n) is 1.17. The summed E-state index contributed by atoms with van der Waals surface area (Å²) in [7, 11) is 3.90. The van der Waals surface area contributed by atoms with Gasteiger partial charge in [-0.1, -0.05) is 6.08 Å². The number of carbonyl (C=O) groups is 1. The molecule has 76 valence electrons. The number of nitrogens with one attached hydrogen (secondary N) is 1. The highest BCUT2D eigenvalue weighted by molar-refractivity contribution is 7.81. The highest BCUT2D eigenvalue weighted by atomic mass is 32.1. The SMILES string of the molecule is CN(C)C/C=C/C(=O)NC(C)(C)S. The second kappa shape index (κ2) is 5.29.